The zero-order chi connectivity index (χ0) is 11.8. The van der Waals surface area contributed by atoms with Gasteiger partial charge in [-0.1, -0.05) is 11.6 Å². The molecule has 0 aromatic heterocycles. The third-order valence-electron chi connectivity index (χ3n) is 2.99. The number of rotatable bonds is 1. The molecule has 1 aliphatic heterocycles. The van der Waals surface area contributed by atoms with E-state index < -0.39 is 6.09 Å². The molecule has 3 rings (SSSR count). The molecule has 0 N–H and O–H groups in total. The summed E-state index contributed by atoms with van der Waals surface area (Å²) in [6, 6.07) is 6.96. The van der Waals surface area contributed by atoms with Crippen molar-refractivity contribution in [2.75, 3.05) is 5.01 Å². The Morgan fingerprint density at radius 2 is 2.12 bits per heavy atom. The lowest BCUT2D eigenvalue weighted by Crippen LogP contribution is -2.38. The number of nitrogens with zero attached hydrogens (tertiary/aromatic N) is 2. The van der Waals surface area contributed by atoms with E-state index in [0.29, 0.717) is 10.7 Å². The van der Waals surface area contributed by atoms with Crippen molar-refractivity contribution in [3.63, 3.8) is 0 Å². The van der Waals surface area contributed by atoms with E-state index in [9.17, 15) is 4.79 Å². The maximum absolute atomic E-state index is 11.8. The van der Waals surface area contributed by atoms with Gasteiger partial charge in [0.1, 0.15) is 6.10 Å². The molecule has 1 heterocycles. The minimum absolute atomic E-state index is 0.106. The van der Waals surface area contributed by atoms with Crippen LogP contribution >= 0.6 is 11.6 Å². The number of ether oxygens (including phenoxy) is 1. The van der Waals surface area contributed by atoms with Crippen molar-refractivity contribution in [3.05, 3.63) is 29.3 Å². The van der Waals surface area contributed by atoms with Crippen LogP contribution in [0.2, 0.25) is 5.02 Å². The molecule has 1 aliphatic carbocycles. The van der Waals surface area contributed by atoms with Crippen LogP contribution in [0.4, 0.5) is 10.5 Å². The SMILES string of the molecule is O=C1OC2CCCC2=NN1c1ccc(Cl)cc1. The van der Waals surface area contributed by atoms with Gasteiger partial charge in [-0.25, -0.2) is 4.79 Å². The highest BCUT2D eigenvalue weighted by Crippen LogP contribution is 2.28. The predicted molar refractivity (Wildman–Crippen MR) is 65.5 cm³/mol. The monoisotopic (exact) mass is 250 g/mol. The van der Waals surface area contributed by atoms with Gasteiger partial charge in [-0.15, -0.1) is 0 Å². The van der Waals surface area contributed by atoms with Crippen molar-refractivity contribution in [3.8, 4) is 0 Å². The van der Waals surface area contributed by atoms with Crippen molar-refractivity contribution in [1.82, 2.24) is 0 Å². The van der Waals surface area contributed by atoms with Crippen LogP contribution < -0.4 is 5.01 Å². The zero-order valence-electron chi connectivity index (χ0n) is 9.10. The summed E-state index contributed by atoms with van der Waals surface area (Å²) < 4.78 is 5.33. The van der Waals surface area contributed by atoms with Gasteiger partial charge >= 0.3 is 6.09 Å². The van der Waals surface area contributed by atoms with Crippen LogP contribution in [0.5, 0.6) is 0 Å². The molecule has 0 spiro atoms. The average Bonchev–Trinajstić information content (AvgIpc) is 2.76. The summed E-state index contributed by atoms with van der Waals surface area (Å²) in [6.07, 6.45) is 2.31. The number of fused-ring (bicyclic) bond motifs is 1. The zero-order valence-corrected chi connectivity index (χ0v) is 9.85. The fraction of sp³-hybridized carbons (Fsp3) is 0.333. The van der Waals surface area contributed by atoms with Crippen LogP contribution in [0.25, 0.3) is 0 Å². The van der Waals surface area contributed by atoms with Gasteiger partial charge in [0.05, 0.1) is 11.4 Å². The number of carbonyl (C=O) groups excluding carboxylic acids is 1. The summed E-state index contributed by atoms with van der Waals surface area (Å²) >= 11 is 5.81. The van der Waals surface area contributed by atoms with Crippen LogP contribution in [0.15, 0.2) is 29.4 Å². The second kappa shape index (κ2) is 4.04. The Bertz CT molecular complexity index is 484. The molecule has 88 valence electrons. The Hall–Kier alpha value is -1.55. The second-order valence-corrected chi connectivity index (χ2v) is 4.58. The van der Waals surface area contributed by atoms with Gasteiger partial charge in [-0.2, -0.15) is 10.1 Å². The summed E-state index contributed by atoms with van der Waals surface area (Å²) in [6.45, 7) is 0. The van der Waals surface area contributed by atoms with Gasteiger partial charge in [-0.05, 0) is 43.5 Å². The van der Waals surface area contributed by atoms with Crippen molar-refractivity contribution in [2.24, 2.45) is 5.10 Å². The van der Waals surface area contributed by atoms with Crippen molar-refractivity contribution < 1.29 is 9.53 Å². The lowest BCUT2D eigenvalue weighted by molar-refractivity contribution is 0.129. The fourth-order valence-electron chi connectivity index (χ4n) is 2.12. The molecule has 0 saturated heterocycles. The maximum atomic E-state index is 11.8. The highest BCUT2D eigenvalue weighted by Gasteiger charge is 2.34. The molecule has 1 saturated carbocycles. The van der Waals surface area contributed by atoms with Gasteiger partial charge in [0.15, 0.2) is 0 Å². The first kappa shape index (κ1) is 10.6. The number of halogens is 1. The molecule has 1 unspecified atom stereocenters. The first-order valence-electron chi connectivity index (χ1n) is 5.58. The summed E-state index contributed by atoms with van der Waals surface area (Å²) in [5.74, 6) is 0. The minimum atomic E-state index is -0.414. The number of anilines is 1. The predicted octanol–water partition coefficient (Wildman–Crippen LogP) is 3.21. The molecule has 1 aromatic carbocycles. The van der Waals surface area contributed by atoms with E-state index >= 15 is 0 Å². The molecule has 1 amide bonds. The Morgan fingerprint density at radius 1 is 1.35 bits per heavy atom. The van der Waals surface area contributed by atoms with E-state index in [1.165, 1.54) is 5.01 Å². The molecule has 0 bridgehead atoms. The van der Waals surface area contributed by atoms with E-state index in [4.69, 9.17) is 16.3 Å². The number of hydrogen-bond donors (Lipinski definition) is 0. The van der Waals surface area contributed by atoms with Gasteiger partial charge in [0.25, 0.3) is 0 Å². The van der Waals surface area contributed by atoms with Crippen LogP contribution in [-0.4, -0.2) is 17.9 Å². The topological polar surface area (TPSA) is 41.9 Å². The normalized spacial score (nSPS) is 23.1. The summed E-state index contributed by atoms with van der Waals surface area (Å²) in [4.78, 5) is 11.8. The van der Waals surface area contributed by atoms with E-state index in [0.717, 1.165) is 25.0 Å². The van der Waals surface area contributed by atoms with Crippen LogP contribution in [0.3, 0.4) is 0 Å². The standard InChI is InChI=1S/C12H11ClN2O2/c13-8-4-6-9(7-5-8)15-12(16)17-11-3-1-2-10(11)14-15/h4-7,11H,1-3H2. The molecule has 1 aromatic rings. The van der Waals surface area contributed by atoms with Crippen LogP contribution in [0.1, 0.15) is 19.3 Å². The molecule has 17 heavy (non-hydrogen) atoms. The Kier molecular flexibility index (Phi) is 2.52. The van der Waals surface area contributed by atoms with Gasteiger partial charge in [0.2, 0.25) is 0 Å². The molecular formula is C12H11ClN2O2. The maximum Gasteiger partial charge on any atom is 0.435 e. The smallest absolute Gasteiger partial charge is 0.435 e. The van der Waals surface area contributed by atoms with Crippen LogP contribution in [0, 0.1) is 0 Å². The first-order chi connectivity index (χ1) is 8.24. The molecule has 1 atom stereocenters. The van der Waals surface area contributed by atoms with Gasteiger partial charge < -0.3 is 4.74 Å². The van der Waals surface area contributed by atoms with Crippen LogP contribution in [-0.2, 0) is 4.74 Å². The van der Waals surface area contributed by atoms with Crippen molar-refractivity contribution in [1.29, 1.82) is 0 Å². The summed E-state index contributed by atoms with van der Waals surface area (Å²) in [5, 5.41) is 6.29. The molecule has 5 heteroatoms. The minimum Gasteiger partial charge on any atom is -0.438 e. The van der Waals surface area contributed by atoms with Gasteiger partial charge in [0, 0.05) is 5.02 Å². The number of carbonyl (C=O) groups is 1. The van der Waals surface area contributed by atoms with Crippen molar-refractivity contribution >= 4 is 29.1 Å². The number of amides is 1. The Morgan fingerprint density at radius 3 is 2.88 bits per heavy atom. The fourth-order valence-corrected chi connectivity index (χ4v) is 2.25. The Balaban J connectivity index is 1.94. The van der Waals surface area contributed by atoms with E-state index in [1.54, 1.807) is 24.3 Å². The van der Waals surface area contributed by atoms with Gasteiger partial charge in [-0.3, -0.25) is 0 Å². The Labute approximate surface area is 104 Å². The second-order valence-electron chi connectivity index (χ2n) is 4.14. The first-order valence-corrected chi connectivity index (χ1v) is 5.95. The largest absolute Gasteiger partial charge is 0.438 e. The summed E-state index contributed by atoms with van der Waals surface area (Å²) in [5.41, 5.74) is 1.64. The third kappa shape index (κ3) is 1.89. The van der Waals surface area contributed by atoms with E-state index in [2.05, 4.69) is 5.10 Å². The molecule has 2 aliphatic rings. The lowest BCUT2D eigenvalue weighted by Gasteiger charge is -2.26. The van der Waals surface area contributed by atoms with Crippen molar-refractivity contribution in [2.45, 2.75) is 25.4 Å². The quantitative estimate of drug-likeness (QED) is 0.768. The number of hydrogen-bond acceptors (Lipinski definition) is 3. The van der Waals surface area contributed by atoms with E-state index in [-0.39, 0.29) is 6.10 Å². The highest BCUT2D eigenvalue weighted by atomic mass is 35.5. The molecule has 1 fully saturated rings. The average molecular weight is 251 g/mol. The third-order valence-corrected chi connectivity index (χ3v) is 3.24. The number of benzene rings is 1. The lowest BCUT2D eigenvalue weighted by atomic mass is 10.2. The summed E-state index contributed by atoms with van der Waals surface area (Å²) in [7, 11) is 0. The molecule has 0 radical (unpaired) electrons. The highest BCUT2D eigenvalue weighted by molar-refractivity contribution is 6.30. The van der Waals surface area contributed by atoms with E-state index in [1.807, 2.05) is 0 Å². The number of hydrazone groups is 1. The molecule has 4 nitrogen and oxygen atoms in total. The molecular weight excluding hydrogens is 240 g/mol.